The molecule has 0 atom stereocenters. The lowest BCUT2D eigenvalue weighted by Crippen LogP contribution is -2.10. The van der Waals surface area contributed by atoms with Crippen molar-refractivity contribution in [3.05, 3.63) is 52.2 Å². The van der Waals surface area contributed by atoms with Crippen molar-refractivity contribution in [2.45, 2.75) is 6.92 Å². The monoisotopic (exact) mass is 319 g/mol. The van der Waals surface area contributed by atoms with E-state index in [-0.39, 0.29) is 11.7 Å². The zero-order chi connectivity index (χ0) is 14.8. The van der Waals surface area contributed by atoms with E-state index in [1.54, 1.807) is 25.1 Å². The molecule has 1 amide bonds. The first kappa shape index (κ1) is 13.8. The van der Waals surface area contributed by atoms with E-state index in [0.29, 0.717) is 15.8 Å². The summed E-state index contributed by atoms with van der Waals surface area (Å²) in [6, 6.07) is 8.92. The van der Waals surface area contributed by atoms with Gasteiger partial charge in [0.1, 0.15) is 0 Å². The molecule has 21 heavy (non-hydrogen) atoms. The predicted molar refractivity (Wildman–Crippen MR) is 81.8 cm³/mol. The van der Waals surface area contributed by atoms with E-state index in [1.807, 2.05) is 17.5 Å². The van der Waals surface area contributed by atoms with Crippen LogP contribution in [0.1, 0.15) is 16.2 Å². The van der Waals surface area contributed by atoms with Gasteiger partial charge in [0.05, 0.1) is 11.4 Å². The van der Waals surface area contributed by atoms with Gasteiger partial charge in [0, 0.05) is 22.0 Å². The molecular formula is C14H10ClN3O2S. The third-order valence-corrected chi connectivity index (χ3v) is 3.73. The number of anilines is 1. The smallest absolute Gasteiger partial charge is 0.296 e. The Morgan fingerprint density at radius 2 is 2.10 bits per heavy atom. The molecule has 0 saturated carbocycles. The quantitative estimate of drug-likeness (QED) is 0.792. The second kappa shape index (κ2) is 5.67. The van der Waals surface area contributed by atoms with E-state index in [4.69, 9.17) is 16.1 Å². The van der Waals surface area contributed by atoms with E-state index < -0.39 is 0 Å². The molecule has 3 rings (SSSR count). The van der Waals surface area contributed by atoms with Gasteiger partial charge in [-0.2, -0.15) is 0 Å². The number of aromatic nitrogens is 2. The molecule has 2 heterocycles. The second-order valence-corrected chi connectivity index (χ2v) is 5.63. The molecular weight excluding hydrogens is 310 g/mol. The number of amides is 1. The molecule has 7 heteroatoms. The number of carbonyl (C=O) groups excluding carboxylic acids is 1. The van der Waals surface area contributed by atoms with Crippen molar-refractivity contribution in [3.8, 4) is 11.3 Å². The van der Waals surface area contributed by atoms with E-state index in [0.717, 1.165) is 11.3 Å². The minimum absolute atomic E-state index is 0.163. The van der Waals surface area contributed by atoms with Gasteiger partial charge in [-0.15, -0.1) is 11.3 Å². The third kappa shape index (κ3) is 3.12. The average Bonchev–Trinajstić information content (AvgIpc) is 3.09. The number of thiazole rings is 1. The number of carbonyl (C=O) groups is 1. The molecule has 0 fully saturated rings. The number of hydrogen-bond donors (Lipinski definition) is 1. The molecule has 0 spiro atoms. The van der Waals surface area contributed by atoms with E-state index in [9.17, 15) is 4.79 Å². The van der Waals surface area contributed by atoms with Crippen molar-refractivity contribution in [2.75, 3.05) is 5.32 Å². The summed E-state index contributed by atoms with van der Waals surface area (Å²) in [4.78, 5) is 16.3. The molecule has 3 aromatic rings. The minimum Gasteiger partial charge on any atom is -0.351 e. The lowest BCUT2D eigenvalue weighted by molar-refractivity contribution is 0.0988. The Labute approximate surface area is 129 Å². The van der Waals surface area contributed by atoms with Crippen molar-refractivity contribution in [1.82, 2.24) is 10.1 Å². The van der Waals surface area contributed by atoms with Gasteiger partial charge < -0.3 is 4.52 Å². The Morgan fingerprint density at radius 3 is 2.76 bits per heavy atom. The molecule has 5 nitrogen and oxygen atoms in total. The molecule has 0 radical (unpaired) electrons. The van der Waals surface area contributed by atoms with E-state index >= 15 is 0 Å². The van der Waals surface area contributed by atoms with Crippen LogP contribution in [0.15, 0.2) is 40.2 Å². The van der Waals surface area contributed by atoms with Crippen LogP contribution in [0.3, 0.4) is 0 Å². The maximum absolute atomic E-state index is 11.9. The molecule has 0 aliphatic carbocycles. The summed E-state index contributed by atoms with van der Waals surface area (Å²) in [6.45, 7) is 1.75. The summed E-state index contributed by atoms with van der Waals surface area (Å²) in [5.41, 5.74) is 2.37. The number of hydrogen-bond acceptors (Lipinski definition) is 5. The molecule has 0 aliphatic heterocycles. The number of halogens is 1. The summed E-state index contributed by atoms with van der Waals surface area (Å²) >= 11 is 7.19. The van der Waals surface area contributed by atoms with Crippen LogP contribution in [0.4, 0.5) is 5.13 Å². The van der Waals surface area contributed by atoms with Gasteiger partial charge in [-0.05, 0) is 19.1 Å². The van der Waals surface area contributed by atoms with Gasteiger partial charge in [0.25, 0.3) is 5.91 Å². The van der Waals surface area contributed by atoms with Gasteiger partial charge in [0.2, 0.25) is 5.76 Å². The first-order valence-electron chi connectivity index (χ1n) is 6.08. The fourth-order valence-electron chi connectivity index (χ4n) is 1.71. The van der Waals surface area contributed by atoms with Crippen LogP contribution in [0.25, 0.3) is 11.3 Å². The topological polar surface area (TPSA) is 68.0 Å². The highest BCUT2D eigenvalue weighted by molar-refractivity contribution is 7.14. The first-order chi connectivity index (χ1) is 10.1. The van der Waals surface area contributed by atoms with E-state index in [2.05, 4.69) is 15.5 Å². The molecule has 1 aromatic carbocycles. The summed E-state index contributed by atoms with van der Waals surface area (Å²) in [6.07, 6.45) is 0. The number of benzene rings is 1. The van der Waals surface area contributed by atoms with Crippen LogP contribution < -0.4 is 5.32 Å². The number of aryl methyl sites for hydroxylation is 1. The van der Waals surface area contributed by atoms with Gasteiger partial charge in [-0.3, -0.25) is 10.1 Å². The fourth-order valence-corrected chi connectivity index (χ4v) is 2.55. The lowest BCUT2D eigenvalue weighted by atomic mass is 10.2. The highest BCUT2D eigenvalue weighted by Crippen LogP contribution is 2.26. The summed E-state index contributed by atoms with van der Waals surface area (Å²) in [5.74, 6) is -0.205. The standard InChI is InChI=1S/C14H10ClN3O2S/c1-8-6-12(20-18-8)13(19)17-14-16-11(7-21-14)9-2-4-10(15)5-3-9/h2-7H,1H3,(H,16,17,19). The summed E-state index contributed by atoms with van der Waals surface area (Å²) in [5, 5.41) is 9.39. The van der Waals surface area contributed by atoms with Crippen molar-refractivity contribution < 1.29 is 9.32 Å². The Balaban J connectivity index is 1.76. The largest absolute Gasteiger partial charge is 0.351 e. The Kier molecular flexibility index (Phi) is 3.72. The van der Waals surface area contributed by atoms with Crippen molar-refractivity contribution in [2.24, 2.45) is 0 Å². The van der Waals surface area contributed by atoms with Gasteiger partial charge in [-0.25, -0.2) is 4.98 Å². The highest BCUT2D eigenvalue weighted by Gasteiger charge is 2.14. The third-order valence-electron chi connectivity index (χ3n) is 2.72. The van der Waals surface area contributed by atoms with Crippen molar-refractivity contribution in [1.29, 1.82) is 0 Å². The van der Waals surface area contributed by atoms with Gasteiger partial charge in [-0.1, -0.05) is 28.9 Å². The highest BCUT2D eigenvalue weighted by atomic mass is 35.5. The molecule has 0 aliphatic rings. The number of nitrogens with one attached hydrogen (secondary N) is 1. The average molecular weight is 320 g/mol. The van der Waals surface area contributed by atoms with Gasteiger partial charge in [0.15, 0.2) is 5.13 Å². The normalized spacial score (nSPS) is 10.6. The SMILES string of the molecule is Cc1cc(C(=O)Nc2nc(-c3ccc(Cl)cc3)cs2)on1. The predicted octanol–water partition coefficient (Wildman–Crippen LogP) is 4.01. The first-order valence-corrected chi connectivity index (χ1v) is 7.34. The molecule has 1 N–H and O–H groups in total. The van der Waals surface area contributed by atoms with Crippen LogP contribution >= 0.6 is 22.9 Å². The molecule has 0 saturated heterocycles. The zero-order valence-corrected chi connectivity index (χ0v) is 12.5. The van der Waals surface area contributed by atoms with Crippen molar-refractivity contribution >= 4 is 34.0 Å². The van der Waals surface area contributed by atoms with Crippen LogP contribution in [0.5, 0.6) is 0 Å². The fraction of sp³-hybridized carbons (Fsp3) is 0.0714. The van der Waals surface area contributed by atoms with E-state index in [1.165, 1.54) is 11.3 Å². The Bertz CT molecular complexity index is 780. The molecule has 0 unspecified atom stereocenters. The molecule has 0 bridgehead atoms. The van der Waals surface area contributed by atoms with Crippen LogP contribution in [0.2, 0.25) is 5.02 Å². The maximum atomic E-state index is 11.9. The lowest BCUT2D eigenvalue weighted by Gasteiger charge is -1.97. The Hall–Kier alpha value is -2.18. The Morgan fingerprint density at radius 1 is 1.33 bits per heavy atom. The maximum Gasteiger partial charge on any atom is 0.296 e. The van der Waals surface area contributed by atoms with Crippen LogP contribution in [-0.4, -0.2) is 16.0 Å². The number of rotatable bonds is 3. The number of nitrogens with zero attached hydrogens (tertiary/aromatic N) is 2. The summed E-state index contributed by atoms with van der Waals surface area (Å²) < 4.78 is 4.90. The minimum atomic E-state index is -0.368. The van der Waals surface area contributed by atoms with Crippen LogP contribution in [0, 0.1) is 6.92 Å². The van der Waals surface area contributed by atoms with Crippen molar-refractivity contribution in [3.63, 3.8) is 0 Å². The molecule has 2 aromatic heterocycles. The van der Waals surface area contributed by atoms with Crippen LogP contribution in [-0.2, 0) is 0 Å². The zero-order valence-electron chi connectivity index (χ0n) is 11.0. The summed E-state index contributed by atoms with van der Waals surface area (Å²) in [7, 11) is 0. The van der Waals surface area contributed by atoms with Gasteiger partial charge >= 0.3 is 0 Å². The molecule has 106 valence electrons. The second-order valence-electron chi connectivity index (χ2n) is 4.33.